The van der Waals surface area contributed by atoms with E-state index in [0.717, 1.165) is 29.1 Å². The molecule has 25 heavy (non-hydrogen) atoms. The molecule has 0 saturated heterocycles. The fourth-order valence-corrected chi connectivity index (χ4v) is 4.24. The fourth-order valence-electron chi connectivity index (χ4n) is 3.11. The number of ether oxygens (including phenoxy) is 1. The molecule has 0 fully saturated rings. The summed E-state index contributed by atoms with van der Waals surface area (Å²) in [6.45, 7) is 6.35. The van der Waals surface area contributed by atoms with Crippen LogP contribution in [0.2, 0.25) is 0 Å². The van der Waals surface area contributed by atoms with Crippen molar-refractivity contribution < 1.29 is 9.53 Å². The molecule has 0 unspecified atom stereocenters. The topological polar surface area (TPSA) is 38.3 Å². The highest BCUT2D eigenvalue weighted by atomic mass is 32.2. The molecule has 0 aromatic heterocycles. The van der Waals surface area contributed by atoms with Gasteiger partial charge in [0, 0.05) is 10.6 Å². The second-order valence-electron chi connectivity index (χ2n) is 6.78. The third-order valence-electron chi connectivity index (χ3n) is 4.44. The molecule has 3 nitrogen and oxygen atoms in total. The van der Waals surface area contributed by atoms with E-state index in [1.54, 1.807) is 0 Å². The minimum absolute atomic E-state index is 0.0506. The van der Waals surface area contributed by atoms with Crippen molar-refractivity contribution in [1.29, 1.82) is 0 Å². The average molecular weight is 356 g/mol. The Bertz CT molecular complexity index is 757. The Kier molecular flexibility index (Phi) is 5.69. The molecule has 2 aromatic rings. The Balaban J connectivity index is 1.64. The largest absolute Gasteiger partial charge is 0.483 e. The van der Waals surface area contributed by atoms with Crippen LogP contribution in [0, 0.1) is 6.92 Å². The monoisotopic (exact) mass is 355 g/mol. The van der Waals surface area contributed by atoms with Crippen LogP contribution in [0.25, 0.3) is 0 Å². The summed E-state index contributed by atoms with van der Waals surface area (Å²) in [4.78, 5) is 13.7. The number of aryl methyl sites for hydroxylation is 1. The Morgan fingerprint density at radius 1 is 1.28 bits per heavy atom. The summed E-state index contributed by atoms with van der Waals surface area (Å²) in [6, 6.07) is 14.6. The lowest BCUT2D eigenvalue weighted by Gasteiger charge is -2.26. The zero-order valence-electron chi connectivity index (χ0n) is 15.0. The first-order chi connectivity index (χ1) is 12.0. The molecule has 0 bridgehead atoms. The summed E-state index contributed by atoms with van der Waals surface area (Å²) in [6.07, 6.45) is 0.953. The Labute approximate surface area is 154 Å². The summed E-state index contributed by atoms with van der Waals surface area (Å²) in [7, 11) is 0. The molecule has 1 atom stereocenters. The third-order valence-corrected chi connectivity index (χ3v) is 5.57. The molecule has 3 rings (SSSR count). The van der Waals surface area contributed by atoms with Gasteiger partial charge in [0.25, 0.3) is 5.91 Å². The van der Waals surface area contributed by atoms with Gasteiger partial charge in [0.15, 0.2) is 6.61 Å². The van der Waals surface area contributed by atoms with E-state index in [-0.39, 0.29) is 18.6 Å². The number of benzene rings is 2. The fraction of sp³-hybridized carbons (Fsp3) is 0.381. The Morgan fingerprint density at radius 3 is 2.88 bits per heavy atom. The quantitative estimate of drug-likeness (QED) is 0.833. The number of nitrogens with one attached hydrogen (secondary N) is 1. The molecule has 1 aliphatic rings. The molecule has 1 heterocycles. The van der Waals surface area contributed by atoms with E-state index in [0.29, 0.717) is 5.92 Å². The van der Waals surface area contributed by atoms with Crippen molar-refractivity contribution in [3.05, 3.63) is 59.2 Å². The van der Waals surface area contributed by atoms with Crippen LogP contribution in [-0.4, -0.2) is 18.3 Å². The van der Waals surface area contributed by atoms with Crippen molar-refractivity contribution in [2.75, 3.05) is 12.4 Å². The first-order valence-electron chi connectivity index (χ1n) is 8.79. The zero-order valence-corrected chi connectivity index (χ0v) is 15.9. The SMILES string of the molecule is Cc1ccc(C(C)C)c(OCC(=O)N[C@H]2CCSc3ccccc32)c1. The minimum atomic E-state index is -0.0667. The van der Waals surface area contributed by atoms with Crippen molar-refractivity contribution in [3.8, 4) is 5.75 Å². The third kappa shape index (κ3) is 4.37. The maximum atomic E-state index is 12.4. The molecular formula is C21H25NO2S. The molecule has 0 aliphatic carbocycles. The number of fused-ring (bicyclic) bond motifs is 1. The summed E-state index contributed by atoms with van der Waals surface area (Å²) >= 11 is 1.85. The maximum absolute atomic E-state index is 12.4. The lowest BCUT2D eigenvalue weighted by molar-refractivity contribution is -0.123. The van der Waals surface area contributed by atoms with Crippen LogP contribution in [0.15, 0.2) is 47.4 Å². The van der Waals surface area contributed by atoms with E-state index in [1.165, 1.54) is 10.5 Å². The predicted octanol–water partition coefficient (Wildman–Crippen LogP) is 4.85. The van der Waals surface area contributed by atoms with Crippen LogP contribution < -0.4 is 10.1 Å². The van der Waals surface area contributed by atoms with Gasteiger partial charge in [-0.1, -0.05) is 44.2 Å². The van der Waals surface area contributed by atoms with Crippen molar-refractivity contribution in [2.24, 2.45) is 0 Å². The summed E-state index contributed by atoms with van der Waals surface area (Å²) < 4.78 is 5.85. The lowest BCUT2D eigenvalue weighted by Crippen LogP contribution is -2.34. The van der Waals surface area contributed by atoms with Gasteiger partial charge >= 0.3 is 0 Å². The molecule has 1 N–H and O–H groups in total. The number of amides is 1. The van der Waals surface area contributed by atoms with Gasteiger partial charge in [-0.2, -0.15) is 0 Å². The molecule has 1 amide bonds. The van der Waals surface area contributed by atoms with Crippen molar-refractivity contribution >= 4 is 17.7 Å². The maximum Gasteiger partial charge on any atom is 0.258 e. The van der Waals surface area contributed by atoms with Crippen LogP contribution in [0.5, 0.6) is 5.75 Å². The van der Waals surface area contributed by atoms with Crippen LogP contribution >= 0.6 is 11.8 Å². The van der Waals surface area contributed by atoms with E-state index in [2.05, 4.69) is 43.4 Å². The molecular weight excluding hydrogens is 330 g/mol. The Hall–Kier alpha value is -1.94. The molecule has 132 valence electrons. The molecule has 0 radical (unpaired) electrons. The van der Waals surface area contributed by atoms with Crippen LogP contribution in [0.3, 0.4) is 0 Å². The summed E-state index contributed by atoms with van der Waals surface area (Å²) in [5.41, 5.74) is 3.49. The number of carbonyl (C=O) groups excluding carboxylic acids is 1. The number of carbonyl (C=O) groups is 1. The lowest BCUT2D eigenvalue weighted by atomic mass is 10.0. The van der Waals surface area contributed by atoms with E-state index < -0.39 is 0 Å². The van der Waals surface area contributed by atoms with Gasteiger partial charge < -0.3 is 10.1 Å². The first-order valence-corrected chi connectivity index (χ1v) is 9.77. The van der Waals surface area contributed by atoms with Gasteiger partial charge in [-0.25, -0.2) is 0 Å². The van der Waals surface area contributed by atoms with E-state index >= 15 is 0 Å². The highest BCUT2D eigenvalue weighted by Gasteiger charge is 2.22. The summed E-state index contributed by atoms with van der Waals surface area (Å²) in [5.74, 6) is 2.13. The molecule has 0 spiro atoms. The van der Waals surface area contributed by atoms with Gasteiger partial charge in [0.2, 0.25) is 0 Å². The summed E-state index contributed by atoms with van der Waals surface area (Å²) in [5, 5.41) is 3.13. The molecule has 0 saturated carbocycles. The van der Waals surface area contributed by atoms with Crippen LogP contribution in [0.1, 0.15) is 48.9 Å². The predicted molar refractivity (Wildman–Crippen MR) is 103 cm³/mol. The van der Waals surface area contributed by atoms with Gasteiger partial charge in [0.05, 0.1) is 6.04 Å². The molecule has 4 heteroatoms. The Morgan fingerprint density at radius 2 is 2.08 bits per heavy atom. The number of hydrogen-bond acceptors (Lipinski definition) is 3. The van der Waals surface area contributed by atoms with E-state index in [4.69, 9.17) is 4.74 Å². The number of hydrogen-bond donors (Lipinski definition) is 1. The zero-order chi connectivity index (χ0) is 17.8. The van der Waals surface area contributed by atoms with Crippen LogP contribution in [0.4, 0.5) is 0 Å². The van der Waals surface area contributed by atoms with Crippen molar-refractivity contribution in [2.45, 2.75) is 44.0 Å². The van der Waals surface area contributed by atoms with Gasteiger partial charge in [0.1, 0.15) is 5.75 Å². The van der Waals surface area contributed by atoms with Gasteiger partial charge in [-0.15, -0.1) is 11.8 Å². The molecule has 2 aromatic carbocycles. The number of rotatable bonds is 5. The smallest absolute Gasteiger partial charge is 0.258 e. The standard InChI is InChI=1S/C21H25NO2S/c1-14(2)16-9-8-15(3)12-19(16)24-13-21(23)22-18-10-11-25-20-7-5-4-6-17(18)20/h4-9,12,14,18H,10-11,13H2,1-3H3,(H,22,23)/t18-/m0/s1. The minimum Gasteiger partial charge on any atom is -0.483 e. The van der Waals surface area contributed by atoms with Gasteiger partial charge in [-0.05, 0) is 48.1 Å². The highest BCUT2D eigenvalue weighted by molar-refractivity contribution is 7.99. The normalized spacial score (nSPS) is 16.4. The first kappa shape index (κ1) is 17.9. The second kappa shape index (κ2) is 7.96. The van der Waals surface area contributed by atoms with E-state index in [1.807, 2.05) is 36.9 Å². The van der Waals surface area contributed by atoms with Gasteiger partial charge in [-0.3, -0.25) is 4.79 Å². The highest BCUT2D eigenvalue weighted by Crippen LogP contribution is 2.35. The molecule has 1 aliphatic heterocycles. The van der Waals surface area contributed by atoms with Crippen molar-refractivity contribution in [3.63, 3.8) is 0 Å². The van der Waals surface area contributed by atoms with Crippen LogP contribution in [-0.2, 0) is 4.79 Å². The average Bonchev–Trinajstić information content (AvgIpc) is 2.60. The second-order valence-corrected chi connectivity index (χ2v) is 7.92. The van der Waals surface area contributed by atoms with E-state index in [9.17, 15) is 4.79 Å². The van der Waals surface area contributed by atoms with Crippen molar-refractivity contribution in [1.82, 2.24) is 5.32 Å². The number of thioether (sulfide) groups is 1.